The fourth-order valence-corrected chi connectivity index (χ4v) is 4.98. The molecule has 0 saturated carbocycles. The molecule has 5 nitrogen and oxygen atoms in total. The summed E-state index contributed by atoms with van der Waals surface area (Å²) in [4.78, 5) is 3.91. The Bertz CT molecular complexity index is 539. The largest absolute Gasteiger partial charge is 0.391 e. The number of hydrogen-bond acceptors (Lipinski definition) is 5. The Labute approximate surface area is 118 Å². The molecule has 1 fully saturated rings. The van der Waals surface area contributed by atoms with E-state index >= 15 is 0 Å². The van der Waals surface area contributed by atoms with Crippen molar-refractivity contribution in [3.8, 4) is 0 Å². The quantitative estimate of drug-likeness (QED) is 0.843. The lowest BCUT2D eigenvalue weighted by atomic mass is 10.1. The second-order valence-corrected chi connectivity index (χ2v) is 8.14. The van der Waals surface area contributed by atoms with E-state index in [4.69, 9.17) is 5.11 Å². The third-order valence-electron chi connectivity index (χ3n) is 3.42. The summed E-state index contributed by atoms with van der Waals surface area (Å²) in [6, 6.07) is 1.56. The summed E-state index contributed by atoms with van der Waals surface area (Å²) in [6.07, 6.45) is 1.03. The second kappa shape index (κ2) is 5.88. The van der Waals surface area contributed by atoms with E-state index in [2.05, 4.69) is 9.62 Å². The van der Waals surface area contributed by atoms with Gasteiger partial charge in [-0.2, -0.15) is 0 Å². The van der Waals surface area contributed by atoms with Crippen LogP contribution in [0.5, 0.6) is 0 Å². The van der Waals surface area contributed by atoms with E-state index in [-0.39, 0.29) is 6.61 Å². The van der Waals surface area contributed by atoms with Crippen molar-refractivity contribution in [2.75, 3.05) is 26.7 Å². The minimum Gasteiger partial charge on any atom is -0.391 e. The molecule has 108 valence electrons. The van der Waals surface area contributed by atoms with Gasteiger partial charge in [0.2, 0.25) is 10.0 Å². The molecule has 2 N–H and O–H groups in total. The Morgan fingerprint density at radius 1 is 1.58 bits per heavy atom. The first-order valence-electron chi connectivity index (χ1n) is 6.30. The Hall–Kier alpha value is -0.470. The van der Waals surface area contributed by atoms with E-state index in [0.717, 1.165) is 24.4 Å². The van der Waals surface area contributed by atoms with Crippen molar-refractivity contribution in [3.63, 3.8) is 0 Å². The predicted molar refractivity (Wildman–Crippen MR) is 75.8 cm³/mol. The third kappa shape index (κ3) is 3.55. The van der Waals surface area contributed by atoms with Crippen LogP contribution in [-0.2, 0) is 16.6 Å². The van der Waals surface area contributed by atoms with Crippen molar-refractivity contribution in [1.82, 2.24) is 9.62 Å². The molecular formula is C12H20N2O3S2. The van der Waals surface area contributed by atoms with Gasteiger partial charge in [-0.05, 0) is 38.9 Å². The maximum atomic E-state index is 12.2. The van der Waals surface area contributed by atoms with Gasteiger partial charge < -0.3 is 10.0 Å². The third-order valence-corrected chi connectivity index (χ3v) is 6.13. The van der Waals surface area contributed by atoms with E-state index in [1.165, 1.54) is 11.3 Å². The summed E-state index contributed by atoms with van der Waals surface area (Å²) in [5.41, 5.74) is 0. The molecule has 0 spiro atoms. The number of aliphatic hydroxyl groups is 1. The van der Waals surface area contributed by atoms with Crippen LogP contribution in [0, 0.1) is 12.8 Å². The normalized spacial score (nSPS) is 21.1. The number of hydrogen-bond donors (Lipinski definition) is 2. The molecule has 19 heavy (non-hydrogen) atoms. The van der Waals surface area contributed by atoms with E-state index in [1.807, 2.05) is 7.05 Å². The molecular weight excluding hydrogens is 284 g/mol. The molecule has 0 radical (unpaired) electrons. The highest BCUT2D eigenvalue weighted by Gasteiger charge is 2.24. The van der Waals surface area contributed by atoms with Gasteiger partial charge in [0.05, 0.1) is 11.5 Å². The number of aliphatic hydroxyl groups excluding tert-OH is 1. The van der Waals surface area contributed by atoms with Crippen LogP contribution in [0.4, 0.5) is 0 Å². The zero-order valence-electron chi connectivity index (χ0n) is 11.2. The van der Waals surface area contributed by atoms with Crippen molar-refractivity contribution in [1.29, 1.82) is 0 Å². The fraction of sp³-hybridized carbons (Fsp3) is 0.667. The number of likely N-dealkylation sites (tertiary alicyclic amines) is 1. The van der Waals surface area contributed by atoms with Gasteiger partial charge in [0.1, 0.15) is 0 Å². The van der Waals surface area contributed by atoms with Gasteiger partial charge in [-0.1, -0.05) is 0 Å². The summed E-state index contributed by atoms with van der Waals surface area (Å²) in [5.74, 6) is 0.385. The number of rotatable bonds is 5. The van der Waals surface area contributed by atoms with Crippen LogP contribution in [0.1, 0.15) is 16.2 Å². The Kier molecular flexibility index (Phi) is 4.62. The molecule has 1 aliphatic rings. The second-order valence-electron chi connectivity index (χ2n) is 5.06. The number of nitrogens with one attached hydrogen (secondary N) is 1. The molecule has 0 bridgehead atoms. The molecule has 1 aromatic heterocycles. The maximum absolute atomic E-state index is 12.2. The molecule has 1 aromatic rings. The van der Waals surface area contributed by atoms with Gasteiger partial charge in [-0.3, -0.25) is 0 Å². The van der Waals surface area contributed by atoms with Gasteiger partial charge in [0.15, 0.2) is 0 Å². The maximum Gasteiger partial charge on any atom is 0.241 e. The Balaban J connectivity index is 2.03. The van der Waals surface area contributed by atoms with Crippen molar-refractivity contribution >= 4 is 21.4 Å². The predicted octanol–water partition coefficient (Wildman–Crippen LogP) is 0.779. The first-order chi connectivity index (χ1) is 8.92. The number of aryl methyl sites for hydroxylation is 1. The Morgan fingerprint density at radius 3 is 2.84 bits per heavy atom. The SMILES string of the molecule is Cc1sc(CO)cc1S(=O)(=O)NCC1CCN(C)C1. The summed E-state index contributed by atoms with van der Waals surface area (Å²) in [7, 11) is -1.41. The molecule has 1 aliphatic heterocycles. The van der Waals surface area contributed by atoms with Gasteiger partial charge in [0, 0.05) is 22.8 Å². The van der Waals surface area contributed by atoms with E-state index in [1.54, 1.807) is 13.0 Å². The van der Waals surface area contributed by atoms with Gasteiger partial charge in [-0.25, -0.2) is 13.1 Å². The molecule has 2 rings (SSSR count). The van der Waals surface area contributed by atoms with Crippen LogP contribution in [0.25, 0.3) is 0 Å². The first kappa shape index (κ1) is 14.9. The van der Waals surface area contributed by atoms with Crippen LogP contribution < -0.4 is 4.72 Å². The van der Waals surface area contributed by atoms with Gasteiger partial charge in [0.25, 0.3) is 0 Å². The number of nitrogens with zero attached hydrogens (tertiary/aromatic N) is 1. The standard InChI is InChI=1S/C12H20N2O3S2/c1-9-12(5-11(8-15)18-9)19(16,17)13-6-10-3-4-14(2)7-10/h5,10,13,15H,3-4,6-8H2,1-2H3. The Morgan fingerprint density at radius 2 is 2.32 bits per heavy atom. The van der Waals surface area contributed by atoms with Crippen LogP contribution in [-0.4, -0.2) is 45.1 Å². The zero-order chi connectivity index (χ0) is 14.0. The van der Waals surface area contributed by atoms with E-state index in [9.17, 15) is 8.42 Å². The topological polar surface area (TPSA) is 69.6 Å². The van der Waals surface area contributed by atoms with Crippen molar-refractivity contribution < 1.29 is 13.5 Å². The highest BCUT2D eigenvalue weighted by molar-refractivity contribution is 7.89. The molecule has 2 heterocycles. The van der Waals surface area contributed by atoms with Crippen LogP contribution in [0.15, 0.2) is 11.0 Å². The molecule has 1 atom stereocenters. The van der Waals surface area contributed by atoms with Crippen molar-refractivity contribution in [2.45, 2.75) is 24.8 Å². The lowest BCUT2D eigenvalue weighted by Gasteiger charge is -2.12. The highest BCUT2D eigenvalue weighted by Crippen LogP contribution is 2.25. The van der Waals surface area contributed by atoms with Crippen LogP contribution >= 0.6 is 11.3 Å². The molecule has 7 heteroatoms. The first-order valence-corrected chi connectivity index (χ1v) is 8.60. The van der Waals surface area contributed by atoms with Crippen molar-refractivity contribution in [2.24, 2.45) is 5.92 Å². The molecule has 1 saturated heterocycles. The van der Waals surface area contributed by atoms with Gasteiger partial charge in [-0.15, -0.1) is 11.3 Å². The summed E-state index contributed by atoms with van der Waals surface area (Å²) < 4.78 is 27.1. The highest BCUT2D eigenvalue weighted by atomic mass is 32.2. The fourth-order valence-electron chi connectivity index (χ4n) is 2.37. The van der Waals surface area contributed by atoms with Gasteiger partial charge >= 0.3 is 0 Å². The number of sulfonamides is 1. The summed E-state index contributed by atoms with van der Waals surface area (Å²) in [6.45, 7) is 4.10. The van der Waals surface area contributed by atoms with Crippen LogP contribution in [0.2, 0.25) is 0 Å². The van der Waals surface area contributed by atoms with E-state index < -0.39 is 10.0 Å². The molecule has 1 unspecified atom stereocenters. The lowest BCUT2D eigenvalue weighted by molar-refractivity contribution is 0.285. The van der Waals surface area contributed by atoms with Crippen LogP contribution in [0.3, 0.4) is 0 Å². The number of thiophene rings is 1. The van der Waals surface area contributed by atoms with E-state index in [0.29, 0.717) is 22.2 Å². The monoisotopic (exact) mass is 304 g/mol. The average Bonchev–Trinajstić information content (AvgIpc) is 2.93. The molecule has 0 aliphatic carbocycles. The summed E-state index contributed by atoms with van der Waals surface area (Å²) in [5, 5.41) is 9.06. The zero-order valence-corrected chi connectivity index (χ0v) is 12.9. The summed E-state index contributed by atoms with van der Waals surface area (Å²) >= 11 is 1.32. The minimum absolute atomic E-state index is 0.117. The average molecular weight is 304 g/mol. The molecule has 0 amide bonds. The van der Waals surface area contributed by atoms with Crippen molar-refractivity contribution in [3.05, 3.63) is 15.8 Å². The smallest absolute Gasteiger partial charge is 0.241 e. The lowest BCUT2D eigenvalue weighted by Crippen LogP contribution is -2.30. The molecule has 0 aromatic carbocycles. The minimum atomic E-state index is -3.45.